The van der Waals surface area contributed by atoms with E-state index in [1.165, 1.54) is 6.26 Å². The summed E-state index contributed by atoms with van der Waals surface area (Å²) >= 11 is 0. The van der Waals surface area contributed by atoms with Gasteiger partial charge in [-0.05, 0) is 24.3 Å². The van der Waals surface area contributed by atoms with Crippen molar-refractivity contribution in [2.45, 2.75) is 11.5 Å². The number of morpholine rings is 1. The molecule has 9 heteroatoms. The minimum atomic E-state index is -3.45. The molecule has 146 valence electrons. The fourth-order valence-electron chi connectivity index (χ4n) is 3.01. The fourth-order valence-corrected chi connectivity index (χ4v) is 4.31. The zero-order valence-corrected chi connectivity index (χ0v) is 16.0. The third-order valence-corrected chi connectivity index (χ3v) is 5.76. The smallest absolute Gasteiger partial charge is 0.180 e. The monoisotopic (exact) mass is 400 g/mol. The Morgan fingerprint density at radius 3 is 2.61 bits per heavy atom. The Balaban J connectivity index is 1.67. The average Bonchev–Trinajstić information content (AvgIpc) is 3.21. The first-order valence-electron chi connectivity index (χ1n) is 8.94. The third-order valence-electron chi connectivity index (χ3n) is 4.30. The van der Waals surface area contributed by atoms with Gasteiger partial charge in [0.15, 0.2) is 15.7 Å². The summed E-state index contributed by atoms with van der Waals surface area (Å²) < 4.78 is 35.8. The van der Waals surface area contributed by atoms with Crippen LogP contribution < -0.4 is 4.90 Å². The molecule has 0 amide bonds. The summed E-state index contributed by atoms with van der Waals surface area (Å²) in [6, 6.07) is 10.5. The molecule has 0 aliphatic carbocycles. The maximum atomic E-state index is 12.6. The highest BCUT2D eigenvalue weighted by Gasteiger charge is 2.20. The Morgan fingerprint density at radius 2 is 1.89 bits per heavy atom. The van der Waals surface area contributed by atoms with Crippen molar-refractivity contribution in [3.05, 3.63) is 60.3 Å². The Bertz CT molecular complexity index is 1020. The predicted molar refractivity (Wildman–Crippen MR) is 103 cm³/mol. The fraction of sp³-hybridized carbons (Fsp3) is 0.316. The predicted octanol–water partition coefficient (Wildman–Crippen LogP) is 2.08. The van der Waals surface area contributed by atoms with E-state index in [4.69, 9.17) is 9.15 Å². The topological polar surface area (TPSA) is 98.4 Å². The number of furan rings is 1. The molecule has 0 saturated carbocycles. The molecule has 0 atom stereocenters. The number of nitrogens with zero attached hydrogens (tertiary/aromatic N) is 4. The number of rotatable bonds is 6. The van der Waals surface area contributed by atoms with Crippen molar-refractivity contribution in [2.75, 3.05) is 31.2 Å². The first-order chi connectivity index (χ1) is 13.6. The van der Waals surface area contributed by atoms with E-state index in [0.29, 0.717) is 55.1 Å². The number of anilines is 1. The van der Waals surface area contributed by atoms with Gasteiger partial charge in [0.1, 0.15) is 23.0 Å². The van der Waals surface area contributed by atoms with Crippen LogP contribution in [0.3, 0.4) is 0 Å². The molecule has 0 radical (unpaired) electrons. The second kappa shape index (κ2) is 8.07. The van der Waals surface area contributed by atoms with Crippen LogP contribution in [-0.2, 0) is 26.1 Å². The normalized spacial score (nSPS) is 14.9. The molecule has 4 rings (SSSR count). The largest absolute Gasteiger partial charge is 0.468 e. The van der Waals surface area contributed by atoms with Crippen LogP contribution in [0.15, 0.2) is 53.3 Å². The number of sulfone groups is 1. The van der Waals surface area contributed by atoms with Crippen LogP contribution in [0.5, 0.6) is 0 Å². The zero-order chi connectivity index (χ0) is 19.4. The van der Waals surface area contributed by atoms with E-state index in [0.717, 1.165) is 0 Å². The highest BCUT2D eigenvalue weighted by atomic mass is 32.2. The lowest BCUT2D eigenvalue weighted by Gasteiger charge is -2.28. The second-order valence-electron chi connectivity index (χ2n) is 6.47. The summed E-state index contributed by atoms with van der Waals surface area (Å²) in [5.74, 6) is 1.13. The third kappa shape index (κ3) is 4.55. The van der Waals surface area contributed by atoms with Gasteiger partial charge in [0.2, 0.25) is 0 Å². The summed E-state index contributed by atoms with van der Waals surface area (Å²) in [5, 5.41) is 0. The molecule has 3 aromatic rings. The molecule has 0 spiro atoms. The molecule has 1 fully saturated rings. The van der Waals surface area contributed by atoms with Crippen LogP contribution in [-0.4, -0.2) is 49.7 Å². The lowest BCUT2D eigenvalue weighted by atomic mass is 10.3. The summed E-state index contributed by atoms with van der Waals surface area (Å²) in [6.07, 6.45) is 3.12. The SMILES string of the molecule is O=S(=O)(Cc1cc(N2CCOCC2)nc(-c2ccccn2)n1)Cc1ccco1. The number of ether oxygens (including phenoxy) is 1. The molecule has 0 bridgehead atoms. The first kappa shape index (κ1) is 18.6. The highest BCUT2D eigenvalue weighted by molar-refractivity contribution is 7.89. The lowest BCUT2D eigenvalue weighted by molar-refractivity contribution is 0.122. The van der Waals surface area contributed by atoms with Gasteiger partial charge in [-0.15, -0.1) is 0 Å². The van der Waals surface area contributed by atoms with Crippen LogP contribution in [0.1, 0.15) is 11.5 Å². The summed E-state index contributed by atoms with van der Waals surface area (Å²) in [6.45, 7) is 2.60. The second-order valence-corrected chi connectivity index (χ2v) is 8.53. The van der Waals surface area contributed by atoms with Crippen molar-refractivity contribution in [3.8, 4) is 11.5 Å². The van der Waals surface area contributed by atoms with E-state index in [2.05, 4.69) is 19.9 Å². The molecular formula is C19H20N4O4S. The van der Waals surface area contributed by atoms with Crippen molar-refractivity contribution in [1.82, 2.24) is 15.0 Å². The molecule has 0 aromatic carbocycles. The molecule has 4 heterocycles. The van der Waals surface area contributed by atoms with Gasteiger partial charge in [0.25, 0.3) is 0 Å². The van der Waals surface area contributed by atoms with E-state index in [1.807, 2.05) is 12.1 Å². The maximum absolute atomic E-state index is 12.6. The molecule has 3 aromatic heterocycles. The lowest BCUT2D eigenvalue weighted by Crippen LogP contribution is -2.37. The van der Waals surface area contributed by atoms with Crippen molar-refractivity contribution >= 4 is 15.7 Å². The molecule has 1 saturated heterocycles. The molecule has 0 N–H and O–H groups in total. The van der Waals surface area contributed by atoms with Crippen LogP contribution >= 0.6 is 0 Å². The minimum absolute atomic E-state index is 0.171. The van der Waals surface area contributed by atoms with Crippen molar-refractivity contribution < 1.29 is 17.6 Å². The van der Waals surface area contributed by atoms with Crippen molar-refractivity contribution in [3.63, 3.8) is 0 Å². The Hall–Kier alpha value is -2.78. The van der Waals surface area contributed by atoms with Gasteiger partial charge in [-0.3, -0.25) is 4.98 Å². The maximum Gasteiger partial charge on any atom is 0.180 e. The van der Waals surface area contributed by atoms with E-state index in [1.54, 1.807) is 30.5 Å². The van der Waals surface area contributed by atoms with Crippen LogP contribution in [0, 0.1) is 0 Å². The molecule has 28 heavy (non-hydrogen) atoms. The Morgan fingerprint density at radius 1 is 1.04 bits per heavy atom. The highest BCUT2D eigenvalue weighted by Crippen LogP contribution is 2.22. The Kier molecular flexibility index (Phi) is 5.36. The molecule has 1 aliphatic heterocycles. The van der Waals surface area contributed by atoms with Gasteiger partial charge < -0.3 is 14.1 Å². The quantitative estimate of drug-likeness (QED) is 0.620. The number of hydrogen-bond acceptors (Lipinski definition) is 8. The van der Waals surface area contributed by atoms with Crippen LogP contribution in [0.25, 0.3) is 11.5 Å². The van der Waals surface area contributed by atoms with Gasteiger partial charge in [0, 0.05) is 25.4 Å². The zero-order valence-electron chi connectivity index (χ0n) is 15.2. The molecule has 8 nitrogen and oxygen atoms in total. The Labute approximate surface area is 163 Å². The van der Waals surface area contributed by atoms with Crippen LogP contribution in [0.4, 0.5) is 5.82 Å². The van der Waals surface area contributed by atoms with E-state index in [9.17, 15) is 8.42 Å². The number of hydrogen-bond donors (Lipinski definition) is 0. The van der Waals surface area contributed by atoms with Gasteiger partial charge in [-0.2, -0.15) is 0 Å². The molecular weight excluding hydrogens is 380 g/mol. The molecule has 1 aliphatic rings. The average molecular weight is 400 g/mol. The number of pyridine rings is 1. The van der Waals surface area contributed by atoms with Gasteiger partial charge in [-0.1, -0.05) is 6.07 Å². The van der Waals surface area contributed by atoms with E-state index >= 15 is 0 Å². The summed E-state index contributed by atoms with van der Waals surface area (Å²) in [5.41, 5.74) is 1.03. The van der Waals surface area contributed by atoms with Gasteiger partial charge >= 0.3 is 0 Å². The van der Waals surface area contributed by atoms with E-state index in [-0.39, 0.29) is 11.5 Å². The minimum Gasteiger partial charge on any atom is -0.468 e. The van der Waals surface area contributed by atoms with Gasteiger partial charge in [0.05, 0.1) is 30.9 Å². The summed E-state index contributed by atoms with van der Waals surface area (Å²) in [4.78, 5) is 15.5. The van der Waals surface area contributed by atoms with Crippen molar-refractivity contribution in [2.24, 2.45) is 0 Å². The summed E-state index contributed by atoms with van der Waals surface area (Å²) in [7, 11) is -3.45. The molecule has 0 unspecified atom stereocenters. The van der Waals surface area contributed by atoms with Gasteiger partial charge in [-0.25, -0.2) is 18.4 Å². The standard InChI is InChI=1S/C19H20N4O4S/c24-28(25,14-16-4-3-9-27-16)13-15-12-18(23-7-10-26-11-8-23)22-19(21-15)17-5-1-2-6-20-17/h1-6,9,12H,7-8,10-11,13-14H2. The van der Waals surface area contributed by atoms with Crippen LogP contribution in [0.2, 0.25) is 0 Å². The number of aromatic nitrogens is 3. The van der Waals surface area contributed by atoms with E-state index < -0.39 is 9.84 Å². The van der Waals surface area contributed by atoms with Crippen molar-refractivity contribution in [1.29, 1.82) is 0 Å². The first-order valence-corrected chi connectivity index (χ1v) is 10.8.